The van der Waals surface area contributed by atoms with Crippen LogP contribution in [0.15, 0.2) is 47.4 Å². The fourth-order valence-corrected chi connectivity index (χ4v) is 3.15. The fraction of sp³-hybridized carbons (Fsp3) is 0.250. The lowest BCUT2D eigenvalue weighted by Crippen LogP contribution is -2.12. The maximum atomic E-state index is 13.7. The Balaban J connectivity index is 2.33. The van der Waals surface area contributed by atoms with Crippen LogP contribution in [0.1, 0.15) is 12.5 Å². The third-order valence-electron chi connectivity index (χ3n) is 3.01. The van der Waals surface area contributed by atoms with Crippen molar-refractivity contribution in [2.75, 3.05) is 11.0 Å². The molecule has 0 aromatic heterocycles. The van der Waals surface area contributed by atoms with Crippen molar-refractivity contribution in [3.05, 3.63) is 53.8 Å². The molecule has 0 radical (unpaired) electrons. The van der Waals surface area contributed by atoms with E-state index in [0.717, 1.165) is 16.1 Å². The molecule has 0 saturated carbocycles. The predicted octanol–water partition coefficient (Wildman–Crippen LogP) is 3.97. The average molecular weight is 450 g/mol. The summed E-state index contributed by atoms with van der Waals surface area (Å²) in [5.74, 6) is -0.212. The first-order chi connectivity index (χ1) is 11.0. The molecular weight excluding hydrogens is 434 g/mol. The summed E-state index contributed by atoms with van der Waals surface area (Å²) in [7, 11) is -4.24. The number of aryl methyl sites for hydroxylation is 1. The molecule has 7 heteroatoms. The topological polar surface area (TPSA) is 52.6 Å². The van der Waals surface area contributed by atoms with Crippen LogP contribution in [0.4, 0.5) is 4.39 Å². The molecule has 23 heavy (non-hydrogen) atoms. The molecule has 0 spiro atoms. The molecule has 0 amide bonds. The molecule has 0 aliphatic carbocycles. The van der Waals surface area contributed by atoms with Gasteiger partial charge in [-0.25, -0.2) is 4.39 Å². The van der Waals surface area contributed by atoms with Crippen molar-refractivity contribution in [1.82, 2.24) is 0 Å². The van der Waals surface area contributed by atoms with Gasteiger partial charge in [0.05, 0.1) is 6.61 Å². The maximum absolute atomic E-state index is 13.7. The van der Waals surface area contributed by atoms with E-state index in [4.69, 9.17) is 8.92 Å². The van der Waals surface area contributed by atoms with E-state index in [2.05, 4.69) is 22.6 Å². The smallest absolute Gasteiger partial charge is 0.342 e. The maximum Gasteiger partial charge on any atom is 0.342 e. The van der Waals surface area contributed by atoms with E-state index in [0.29, 0.717) is 18.8 Å². The number of halogens is 2. The molecule has 0 N–H and O–H groups in total. The Morgan fingerprint density at radius 2 is 1.83 bits per heavy atom. The molecule has 4 nitrogen and oxygen atoms in total. The molecule has 0 unspecified atom stereocenters. The summed E-state index contributed by atoms with van der Waals surface area (Å²) in [6, 6.07) is 10.0. The lowest BCUT2D eigenvalue weighted by molar-refractivity contribution is 0.345. The highest BCUT2D eigenvalue weighted by atomic mass is 127. The zero-order valence-electron chi connectivity index (χ0n) is 12.5. The van der Waals surface area contributed by atoms with Gasteiger partial charge in [-0.2, -0.15) is 8.42 Å². The first-order valence-corrected chi connectivity index (χ1v) is 9.91. The lowest BCUT2D eigenvalue weighted by Gasteiger charge is -2.11. The Bertz CT molecular complexity index is 777. The van der Waals surface area contributed by atoms with Crippen LogP contribution in [0.3, 0.4) is 0 Å². The highest BCUT2D eigenvalue weighted by molar-refractivity contribution is 14.1. The van der Waals surface area contributed by atoms with E-state index in [-0.39, 0.29) is 5.75 Å². The average Bonchev–Trinajstić information content (AvgIpc) is 2.52. The molecule has 0 fully saturated rings. The molecule has 0 aliphatic heterocycles. The van der Waals surface area contributed by atoms with E-state index in [1.807, 2.05) is 13.0 Å². The van der Waals surface area contributed by atoms with Gasteiger partial charge in [-0.3, -0.25) is 0 Å². The van der Waals surface area contributed by atoms with Gasteiger partial charge < -0.3 is 8.92 Å². The van der Waals surface area contributed by atoms with Crippen molar-refractivity contribution in [2.45, 2.75) is 18.2 Å². The lowest BCUT2D eigenvalue weighted by atomic mass is 10.1. The van der Waals surface area contributed by atoms with Crippen LogP contribution in [0, 0.1) is 5.82 Å². The van der Waals surface area contributed by atoms with Crippen LogP contribution < -0.4 is 8.92 Å². The Morgan fingerprint density at radius 3 is 2.48 bits per heavy atom. The standard InChI is InChI=1S/C16H16FIO4S/c1-2-12-9-13(21-8-7-18)11-14(10-12)22-23(19,20)16-6-4-3-5-15(16)17/h3-6,9-11H,2,7-8H2,1H3. The molecule has 0 heterocycles. The Hall–Kier alpha value is -1.35. The largest absolute Gasteiger partial charge is 0.493 e. The normalized spacial score (nSPS) is 11.3. The van der Waals surface area contributed by atoms with Gasteiger partial charge in [0.1, 0.15) is 22.2 Å². The minimum Gasteiger partial charge on any atom is -0.493 e. The van der Waals surface area contributed by atoms with Crippen LogP contribution >= 0.6 is 22.6 Å². The minimum atomic E-state index is -4.24. The van der Waals surface area contributed by atoms with Crippen LogP contribution in [0.25, 0.3) is 0 Å². The first-order valence-electron chi connectivity index (χ1n) is 6.98. The fourth-order valence-electron chi connectivity index (χ4n) is 1.94. The monoisotopic (exact) mass is 450 g/mol. The second-order valence-electron chi connectivity index (χ2n) is 4.67. The van der Waals surface area contributed by atoms with Crippen LogP contribution in [-0.2, 0) is 16.5 Å². The van der Waals surface area contributed by atoms with Gasteiger partial charge in [-0.15, -0.1) is 0 Å². The number of hydrogen-bond donors (Lipinski definition) is 0. The van der Waals surface area contributed by atoms with Crippen LogP contribution in [0.5, 0.6) is 11.5 Å². The zero-order chi connectivity index (χ0) is 16.9. The second kappa shape index (κ2) is 7.96. The summed E-state index contributed by atoms with van der Waals surface area (Å²) in [5.41, 5.74) is 0.870. The van der Waals surface area contributed by atoms with Gasteiger partial charge in [0.2, 0.25) is 0 Å². The summed E-state index contributed by atoms with van der Waals surface area (Å²) in [5, 5.41) is 0. The molecule has 0 bridgehead atoms. The van der Waals surface area contributed by atoms with Gasteiger partial charge >= 0.3 is 10.1 Å². The Kier molecular flexibility index (Phi) is 6.23. The van der Waals surface area contributed by atoms with E-state index < -0.39 is 20.8 Å². The number of hydrogen-bond acceptors (Lipinski definition) is 4. The van der Waals surface area contributed by atoms with Gasteiger partial charge in [0, 0.05) is 10.5 Å². The predicted molar refractivity (Wildman–Crippen MR) is 94.4 cm³/mol. The van der Waals surface area contributed by atoms with Crippen molar-refractivity contribution in [3.63, 3.8) is 0 Å². The molecule has 2 aromatic rings. The summed E-state index contributed by atoms with van der Waals surface area (Å²) >= 11 is 2.18. The molecule has 2 aromatic carbocycles. The molecule has 0 saturated heterocycles. The first kappa shape index (κ1) is 18.0. The van der Waals surface area contributed by atoms with Gasteiger partial charge in [0.15, 0.2) is 0 Å². The summed E-state index contributed by atoms with van der Waals surface area (Å²) < 4.78 is 49.6. The number of rotatable bonds is 7. The van der Waals surface area contributed by atoms with Crippen molar-refractivity contribution >= 4 is 32.7 Å². The molecule has 2 rings (SSSR count). The van der Waals surface area contributed by atoms with E-state index >= 15 is 0 Å². The van der Waals surface area contributed by atoms with Gasteiger partial charge in [-0.05, 0) is 36.2 Å². The van der Waals surface area contributed by atoms with Crippen LogP contribution in [-0.4, -0.2) is 19.5 Å². The van der Waals surface area contributed by atoms with E-state index in [1.165, 1.54) is 24.3 Å². The summed E-state index contributed by atoms with van der Waals surface area (Å²) in [6.07, 6.45) is 0.692. The Labute approximate surface area is 148 Å². The summed E-state index contributed by atoms with van der Waals surface area (Å²) in [6.45, 7) is 2.44. The van der Waals surface area contributed by atoms with Crippen molar-refractivity contribution < 1.29 is 21.7 Å². The zero-order valence-corrected chi connectivity index (χ0v) is 15.4. The highest BCUT2D eigenvalue weighted by Crippen LogP contribution is 2.27. The van der Waals surface area contributed by atoms with Crippen molar-refractivity contribution in [3.8, 4) is 11.5 Å². The van der Waals surface area contributed by atoms with Crippen molar-refractivity contribution in [2.24, 2.45) is 0 Å². The van der Waals surface area contributed by atoms with E-state index in [1.54, 1.807) is 6.07 Å². The quantitative estimate of drug-likeness (QED) is 0.364. The molecule has 0 aliphatic rings. The molecular formula is C16H16FIO4S. The molecule has 124 valence electrons. The minimum absolute atomic E-state index is 0.107. The van der Waals surface area contributed by atoms with Crippen LogP contribution in [0.2, 0.25) is 0 Å². The number of alkyl halides is 1. The number of benzene rings is 2. The second-order valence-corrected chi connectivity index (χ2v) is 7.27. The van der Waals surface area contributed by atoms with Gasteiger partial charge in [0.25, 0.3) is 0 Å². The van der Waals surface area contributed by atoms with Gasteiger partial charge in [-0.1, -0.05) is 41.6 Å². The third kappa shape index (κ3) is 4.81. The number of ether oxygens (including phenoxy) is 1. The summed E-state index contributed by atoms with van der Waals surface area (Å²) in [4.78, 5) is -0.489. The Morgan fingerprint density at radius 1 is 1.13 bits per heavy atom. The van der Waals surface area contributed by atoms with E-state index in [9.17, 15) is 12.8 Å². The van der Waals surface area contributed by atoms with Crippen molar-refractivity contribution in [1.29, 1.82) is 0 Å². The third-order valence-corrected chi connectivity index (χ3v) is 4.73. The molecule has 0 atom stereocenters. The highest BCUT2D eigenvalue weighted by Gasteiger charge is 2.21. The SMILES string of the molecule is CCc1cc(OCCI)cc(OS(=O)(=O)c2ccccc2F)c1.